The van der Waals surface area contributed by atoms with E-state index in [9.17, 15) is 4.79 Å². The number of likely N-dealkylation sites (tertiary alicyclic amines) is 1. The second-order valence-corrected chi connectivity index (χ2v) is 7.18. The van der Waals surface area contributed by atoms with Gasteiger partial charge >= 0.3 is 0 Å². The van der Waals surface area contributed by atoms with Crippen molar-refractivity contribution >= 4 is 5.91 Å². The van der Waals surface area contributed by atoms with E-state index in [4.69, 9.17) is 4.74 Å². The van der Waals surface area contributed by atoms with Crippen LogP contribution in [0.3, 0.4) is 0 Å². The lowest BCUT2D eigenvalue weighted by molar-refractivity contribution is -0.0869. The van der Waals surface area contributed by atoms with Crippen LogP contribution in [-0.2, 0) is 11.3 Å². The highest BCUT2D eigenvalue weighted by Gasteiger charge is 2.36. The van der Waals surface area contributed by atoms with E-state index in [-0.39, 0.29) is 11.5 Å². The molecule has 0 saturated carbocycles. The molecule has 1 saturated heterocycles. The number of hydrogen-bond donors (Lipinski definition) is 0. The lowest BCUT2D eigenvalue weighted by Gasteiger charge is -2.41. The predicted octanol–water partition coefficient (Wildman–Crippen LogP) is 3.86. The fourth-order valence-electron chi connectivity index (χ4n) is 3.59. The average Bonchev–Trinajstić information content (AvgIpc) is 2.67. The number of carbonyl (C=O) groups is 1. The Morgan fingerprint density at radius 3 is 2.56 bits per heavy atom. The summed E-state index contributed by atoms with van der Waals surface area (Å²) in [5.41, 5.74) is 2.19. The van der Waals surface area contributed by atoms with E-state index in [0.717, 1.165) is 30.5 Å². The molecule has 5 heteroatoms. The lowest BCUT2D eigenvalue weighted by Crippen LogP contribution is -2.48. The first-order valence-corrected chi connectivity index (χ1v) is 9.42. The summed E-state index contributed by atoms with van der Waals surface area (Å²) < 4.78 is 6.33. The standard InChI is InChI=1S/C22H27N3O2/c1-4-10-22(27-16-19-8-6-5-7-9-19)11-13-25(14-12-22)21(26)20-15-17(2)23-18(3)24-20/h4-9,15H,1,10-14,16H2,2-3H3. The molecule has 5 nitrogen and oxygen atoms in total. The number of hydrogen-bond acceptors (Lipinski definition) is 4. The largest absolute Gasteiger partial charge is 0.370 e. The fraction of sp³-hybridized carbons (Fsp3) is 0.409. The van der Waals surface area contributed by atoms with Crippen molar-refractivity contribution in [3.8, 4) is 0 Å². The zero-order chi connectivity index (χ0) is 19.3. The second-order valence-electron chi connectivity index (χ2n) is 7.18. The monoisotopic (exact) mass is 365 g/mol. The van der Waals surface area contributed by atoms with Crippen LogP contribution >= 0.6 is 0 Å². The molecule has 1 fully saturated rings. The van der Waals surface area contributed by atoms with Gasteiger partial charge in [0.15, 0.2) is 0 Å². The molecule has 0 atom stereocenters. The minimum absolute atomic E-state index is 0.0288. The van der Waals surface area contributed by atoms with Crippen molar-refractivity contribution in [2.75, 3.05) is 13.1 Å². The van der Waals surface area contributed by atoms with Crippen molar-refractivity contribution in [2.45, 2.75) is 45.3 Å². The molecule has 0 unspecified atom stereocenters. The third-order valence-electron chi connectivity index (χ3n) is 5.05. The summed E-state index contributed by atoms with van der Waals surface area (Å²) in [4.78, 5) is 23.3. The molecule has 0 N–H and O–H groups in total. The fourth-order valence-corrected chi connectivity index (χ4v) is 3.59. The third kappa shape index (κ3) is 4.80. The van der Waals surface area contributed by atoms with Gasteiger partial charge in [-0.2, -0.15) is 0 Å². The Morgan fingerprint density at radius 1 is 1.22 bits per heavy atom. The van der Waals surface area contributed by atoms with Gasteiger partial charge in [-0.05, 0) is 44.7 Å². The molecule has 1 aliphatic heterocycles. The number of aromatic nitrogens is 2. The van der Waals surface area contributed by atoms with E-state index in [2.05, 4.69) is 28.7 Å². The van der Waals surface area contributed by atoms with Crippen molar-refractivity contribution in [3.63, 3.8) is 0 Å². The highest BCUT2D eigenvalue weighted by Crippen LogP contribution is 2.32. The zero-order valence-corrected chi connectivity index (χ0v) is 16.1. The van der Waals surface area contributed by atoms with Gasteiger partial charge in [0.2, 0.25) is 0 Å². The molecule has 2 heterocycles. The molecule has 2 aromatic rings. The molecule has 1 aromatic heterocycles. The van der Waals surface area contributed by atoms with Crippen LogP contribution in [-0.4, -0.2) is 39.5 Å². The smallest absolute Gasteiger partial charge is 0.272 e. The number of piperidine rings is 1. The van der Waals surface area contributed by atoms with Gasteiger partial charge in [0.25, 0.3) is 5.91 Å². The van der Waals surface area contributed by atoms with Crippen LogP contribution in [0.15, 0.2) is 49.1 Å². The van der Waals surface area contributed by atoms with Crippen LogP contribution < -0.4 is 0 Å². The minimum Gasteiger partial charge on any atom is -0.370 e. The lowest BCUT2D eigenvalue weighted by atomic mass is 9.87. The summed E-state index contributed by atoms with van der Waals surface area (Å²) in [6.45, 7) is 9.48. The number of benzene rings is 1. The van der Waals surface area contributed by atoms with Gasteiger partial charge < -0.3 is 9.64 Å². The third-order valence-corrected chi connectivity index (χ3v) is 5.05. The van der Waals surface area contributed by atoms with Crippen molar-refractivity contribution in [3.05, 3.63) is 71.8 Å². The number of ether oxygens (including phenoxy) is 1. The molecule has 27 heavy (non-hydrogen) atoms. The van der Waals surface area contributed by atoms with E-state index >= 15 is 0 Å². The van der Waals surface area contributed by atoms with E-state index < -0.39 is 0 Å². The number of aryl methyl sites for hydroxylation is 2. The summed E-state index contributed by atoms with van der Waals surface area (Å²) >= 11 is 0. The number of rotatable bonds is 6. The second kappa shape index (κ2) is 8.44. The Kier molecular flexibility index (Phi) is 6.01. The summed E-state index contributed by atoms with van der Waals surface area (Å²) in [6, 6.07) is 11.9. The van der Waals surface area contributed by atoms with Crippen molar-refractivity contribution in [2.24, 2.45) is 0 Å². The van der Waals surface area contributed by atoms with Crippen molar-refractivity contribution in [1.29, 1.82) is 0 Å². The average molecular weight is 365 g/mol. The summed E-state index contributed by atoms with van der Waals surface area (Å²) in [5, 5.41) is 0. The molecule has 142 valence electrons. The summed E-state index contributed by atoms with van der Waals surface area (Å²) in [6.07, 6.45) is 4.29. The zero-order valence-electron chi connectivity index (χ0n) is 16.1. The first kappa shape index (κ1) is 19.2. The van der Waals surface area contributed by atoms with Gasteiger partial charge in [-0.25, -0.2) is 9.97 Å². The van der Waals surface area contributed by atoms with E-state index in [1.54, 1.807) is 6.07 Å². The predicted molar refractivity (Wildman–Crippen MR) is 105 cm³/mol. The normalized spacial score (nSPS) is 16.1. The Balaban J connectivity index is 1.65. The van der Waals surface area contributed by atoms with Gasteiger partial charge in [-0.15, -0.1) is 6.58 Å². The maximum atomic E-state index is 12.8. The summed E-state index contributed by atoms with van der Waals surface area (Å²) in [7, 11) is 0. The minimum atomic E-state index is -0.258. The van der Waals surface area contributed by atoms with Gasteiger partial charge in [0.1, 0.15) is 11.5 Å². The SMILES string of the molecule is C=CCC1(OCc2ccccc2)CCN(C(=O)c2cc(C)nc(C)n2)CC1. The highest BCUT2D eigenvalue weighted by molar-refractivity contribution is 5.92. The van der Waals surface area contributed by atoms with E-state index in [0.29, 0.717) is 31.2 Å². The van der Waals surface area contributed by atoms with Gasteiger partial charge in [0.05, 0.1) is 12.2 Å². The Hall–Kier alpha value is -2.53. The topological polar surface area (TPSA) is 55.3 Å². The highest BCUT2D eigenvalue weighted by atomic mass is 16.5. The van der Waals surface area contributed by atoms with E-state index in [1.807, 2.05) is 43.0 Å². The molecule has 0 aliphatic carbocycles. The Labute approximate surface area is 161 Å². The van der Waals surface area contributed by atoms with Crippen molar-refractivity contribution < 1.29 is 9.53 Å². The quantitative estimate of drug-likeness (QED) is 0.730. The maximum absolute atomic E-state index is 12.8. The molecule has 0 spiro atoms. The van der Waals surface area contributed by atoms with Crippen LogP contribution in [0.5, 0.6) is 0 Å². The molecule has 1 aliphatic rings. The maximum Gasteiger partial charge on any atom is 0.272 e. The Morgan fingerprint density at radius 2 is 1.93 bits per heavy atom. The molecular weight excluding hydrogens is 338 g/mol. The van der Waals surface area contributed by atoms with Crippen LogP contribution in [0.4, 0.5) is 0 Å². The van der Waals surface area contributed by atoms with Crippen LogP contribution in [0, 0.1) is 13.8 Å². The first-order valence-electron chi connectivity index (χ1n) is 9.42. The van der Waals surface area contributed by atoms with Gasteiger partial charge in [-0.1, -0.05) is 36.4 Å². The van der Waals surface area contributed by atoms with Crippen LogP contribution in [0.25, 0.3) is 0 Å². The number of amides is 1. The molecule has 0 radical (unpaired) electrons. The number of nitrogens with zero attached hydrogens (tertiary/aromatic N) is 3. The summed E-state index contributed by atoms with van der Waals surface area (Å²) in [5.74, 6) is 0.599. The molecule has 3 rings (SSSR count). The molecular formula is C22H27N3O2. The number of carbonyl (C=O) groups excluding carboxylic acids is 1. The molecule has 0 bridgehead atoms. The molecule has 1 aromatic carbocycles. The Bertz CT molecular complexity index is 776. The van der Waals surface area contributed by atoms with Crippen LogP contribution in [0.1, 0.15) is 46.8 Å². The van der Waals surface area contributed by atoms with Crippen molar-refractivity contribution in [1.82, 2.24) is 14.9 Å². The van der Waals surface area contributed by atoms with Crippen LogP contribution in [0.2, 0.25) is 0 Å². The van der Waals surface area contributed by atoms with Gasteiger partial charge in [-0.3, -0.25) is 4.79 Å². The van der Waals surface area contributed by atoms with E-state index in [1.165, 1.54) is 0 Å². The van der Waals surface area contributed by atoms with Gasteiger partial charge in [0, 0.05) is 18.8 Å². The first-order chi connectivity index (χ1) is 13.0. The molecule has 1 amide bonds.